The van der Waals surface area contributed by atoms with Crippen LogP contribution < -0.4 is 4.90 Å². The number of aliphatic imine (C=N–C) groups is 1. The molecule has 7 heteroatoms. The number of anilines is 1. The number of aromatic amines is 1. The van der Waals surface area contributed by atoms with Gasteiger partial charge in [-0.1, -0.05) is 0 Å². The van der Waals surface area contributed by atoms with Crippen LogP contribution in [0.3, 0.4) is 0 Å². The molecular formula is C16H18N6O. The smallest absolute Gasteiger partial charge is 0.238 e. The number of likely N-dealkylation sites (N-methyl/N-ethyl adjacent to an activating group) is 1. The summed E-state index contributed by atoms with van der Waals surface area (Å²) in [6, 6.07) is 3.85. The third kappa shape index (κ3) is 2.59. The Bertz CT molecular complexity index is 786. The van der Waals surface area contributed by atoms with Crippen LogP contribution >= 0.6 is 0 Å². The van der Waals surface area contributed by atoms with E-state index >= 15 is 0 Å². The first-order valence-electron chi connectivity index (χ1n) is 7.64. The van der Waals surface area contributed by atoms with Crippen LogP contribution in [0.25, 0.3) is 11.6 Å². The van der Waals surface area contributed by atoms with E-state index in [2.05, 4.69) is 36.8 Å². The monoisotopic (exact) mass is 310 g/mol. The van der Waals surface area contributed by atoms with Crippen LogP contribution in [0.2, 0.25) is 0 Å². The lowest BCUT2D eigenvalue weighted by atomic mass is 10.1. The third-order valence-corrected chi connectivity index (χ3v) is 4.23. The standard InChI is InChI=1S/C16H18N6O/c1-21-5-7-22(8-6-21)16-19-13(15(23)20-16)9-11-10-18-14-12(11)3-2-4-17-14/h2-4,9-10,23H,5-8H2,1H3,(H,19,20). The zero-order chi connectivity index (χ0) is 15.8. The number of hydrogen-bond acceptors (Lipinski definition) is 6. The van der Waals surface area contributed by atoms with E-state index in [0.29, 0.717) is 17.5 Å². The van der Waals surface area contributed by atoms with Crippen molar-refractivity contribution in [2.24, 2.45) is 4.99 Å². The van der Waals surface area contributed by atoms with Crippen LogP contribution in [-0.4, -0.2) is 64.4 Å². The number of nitrogens with one attached hydrogen (secondary N) is 1. The number of aromatic nitrogens is 3. The molecule has 2 aliphatic rings. The number of pyridine rings is 1. The Labute approximate surface area is 134 Å². The molecule has 0 atom stereocenters. The average Bonchev–Trinajstić information content (AvgIpc) is 3.13. The van der Waals surface area contributed by atoms with Crippen LogP contribution in [0.4, 0.5) is 11.8 Å². The Hall–Kier alpha value is -2.67. The minimum Gasteiger partial charge on any atom is -0.492 e. The van der Waals surface area contributed by atoms with E-state index in [9.17, 15) is 5.11 Å². The molecule has 2 aromatic rings. The molecular weight excluding hydrogens is 292 g/mol. The molecule has 0 saturated carbocycles. The van der Waals surface area contributed by atoms with Crippen molar-refractivity contribution in [2.45, 2.75) is 0 Å². The number of rotatable bonds is 2. The predicted octanol–water partition coefficient (Wildman–Crippen LogP) is 1.52. The van der Waals surface area contributed by atoms with E-state index in [0.717, 1.165) is 37.3 Å². The van der Waals surface area contributed by atoms with Gasteiger partial charge in [0.2, 0.25) is 11.8 Å². The highest BCUT2D eigenvalue weighted by molar-refractivity contribution is 6.20. The number of piperazine rings is 1. The Morgan fingerprint density at radius 3 is 2.91 bits per heavy atom. The first-order chi connectivity index (χ1) is 11.2. The molecule has 0 bridgehead atoms. The molecule has 0 unspecified atom stereocenters. The number of nitrogens with zero attached hydrogens (tertiary/aromatic N) is 5. The van der Waals surface area contributed by atoms with Crippen molar-refractivity contribution in [3.8, 4) is 5.88 Å². The number of allylic oxidation sites excluding steroid dienone is 1. The van der Waals surface area contributed by atoms with Crippen molar-refractivity contribution in [3.63, 3.8) is 0 Å². The normalized spacial score (nSPS) is 19.5. The number of fused-ring (bicyclic) bond motifs is 1. The van der Waals surface area contributed by atoms with Crippen molar-refractivity contribution in [1.29, 1.82) is 0 Å². The maximum absolute atomic E-state index is 10.1. The molecule has 2 aliphatic heterocycles. The summed E-state index contributed by atoms with van der Waals surface area (Å²) in [5.74, 6) is 1.43. The van der Waals surface area contributed by atoms with E-state index in [4.69, 9.17) is 0 Å². The lowest BCUT2D eigenvalue weighted by Gasteiger charge is -2.31. The van der Waals surface area contributed by atoms with Crippen molar-refractivity contribution < 1.29 is 5.11 Å². The first kappa shape index (κ1) is 14.0. The zero-order valence-electron chi connectivity index (χ0n) is 12.9. The average molecular weight is 310 g/mol. The highest BCUT2D eigenvalue weighted by Crippen LogP contribution is 2.32. The maximum atomic E-state index is 10.1. The van der Waals surface area contributed by atoms with Gasteiger partial charge in [-0.15, -0.1) is 0 Å². The lowest BCUT2D eigenvalue weighted by molar-refractivity contribution is 0.311. The van der Waals surface area contributed by atoms with E-state index in [1.807, 2.05) is 18.2 Å². The van der Waals surface area contributed by atoms with E-state index < -0.39 is 0 Å². The van der Waals surface area contributed by atoms with Gasteiger partial charge in [-0.3, -0.25) is 0 Å². The van der Waals surface area contributed by atoms with Crippen LogP contribution in [-0.2, 0) is 0 Å². The summed E-state index contributed by atoms with van der Waals surface area (Å²) >= 11 is 0. The van der Waals surface area contributed by atoms with Gasteiger partial charge in [-0.25, -0.2) is 9.98 Å². The fraction of sp³-hybridized carbons (Fsp3) is 0.312. The van der Waals surface area contributed by atoms with Crippen molar-refractivity contribution in [2.75, 3.05) is 38.1 Å². The predicted molar refractivity (Wildman–Crippen MR) is 90.2 cm³/mol. The zero-order valence-corrected chi connectivity index (χ0v) is 12.9. The second kappa shape index (κ2) is 5.51. The number of imidazole rings is 1. The Kier molecular flexibility index (Phi) is 3.34. The fourth-order valence-electron chi connectivity index (χ4n) is 2.83. The van der Waals surface area contributed by atoms with Gasteiger partial charge in [0, 0.05) is 49.7 Å². The SMILES string of the molecule is CN1CCN(c2nc(O)c(C=C3C=Nc4ncccc43)[nH]2)CC1. The molecule has 0 aromatic carbocycles. The summed E-state index contributed by atoms with van der Waals surface area (Å²) in [7, 11) is 2.11. The third-order valence-electron chi connectivity index (χ3n) is 4.23. The molecule has 4 heterocycles. The Morgan fingerprint density at radius 2 is 2.09 bits per heavy atom. The second-order valence-corrected chi connectivity index (χ2v) is 5.82. The van der Waals surface area contributed by atoms with Gasteiger partial charge < -0.3 is 19.9 Å². The quantitative estimate of drug-likeness (QED) is 0.879. The number of hydrogen-bond donors (Lipinski definition) is 2. The Balaban J connectivity index is 1.61. The van der Waals surface area contributed by atoms with Gasteiger partial charge in [0.05, 0.1) is 0 Å². The molecule has 1 fully saturated rings. The summed E-state index contributed by atoms with van der Waals surface area (Å²) in [6.45, 7) is 3.77. The summed E-state index contributed by atoms with van der Waals surface area (Å²) in [5.41, 5.74) is 2.47. The molecule has 0 amide bonds. The summed E-state index contributed by atoms with van der Waals surface area (Å²) in [6.07, 6.45) is 5.34. The molecule has 1 saturated heterocycles. The molecule has 118 valence electrons. The van der Waals surface area contributed by atoms with E-state index in [1.165, 1.54) is 0 Å². The lowest BCUT2D eigenvalue weighted by Crippen LogP contribution is -2.44. The fourth-order valence-corrected chi connectivity index (χ4v) is 2.83. The van der Waals surface area contributed by atoms with Crippen molar-refractivity contribution >= 4 is 29.6 Å². The van der Waals surface area contributed by atoms with Crippen molar-refractivity contribution in [3.05, 3.63) is 29.6 Å². The van der Waals surface area contributed by atoms with E-state index in [1.54, 1.807) is 12.4 Å². The molecule has 0 spiro atoms. The summed E-state index contributed by atoms with van der Waals surface area (Å²) < 4.78 is 0. The first-order valence-corrected chi connectivity index (χ1v) is 7.64. The van der Waals surface area contributed by atoms with Gasteiger partial charge >= 0.3 is 0 Å². The maximum Gasteiger partial charge on any atom is 0.238 e. The van der Waals surface area contributed by atoms with Gasteiger partial charge in [-0.05, 0) is 25.3 Å². The molecule has 7 nitrogen and oxygen atoms in total. The summed E-state index contributed by atoms with van der Waals surface area (Å²) in [5, 5.41) is 10.1. The largest absolute Gasteiger partial charge is 0.492 e. The second-order valence-electron chi connectivity index (χ2n) is 5.82. The van der Waals surface area contributed by atoms with Gasteiger partial charge in [0.1, 0.15) is 5.69 Å². The van der Waals surface area contributed by atoms with Crippen LogP contribution in [0.1, 0.15) is 11.3 Å². The van der Waals surface area contributed by atoms with Crippen LogP contribution in [0, 0.1) is 0 Å². The van der Waals surface area contributed by atoms with Crippen molar-refractivity contribution in [1.82, 2.24) is 19.9 Å². The minimum absolute atomic E-state index is 0.0113. The topological polar surface area (TPSA) is 80.6 Å². The minimum atomic E-state index is 0.0113. The number of H-pyrrole nitrogens is 1. The van der Waals surface area contributed by atoms with E-state index in [-0.39, 0.29) is 5.88 Å². The molecule has 4 rings (SSSR count). The van der Waals surface area contributed by atoms with Gasteiger partial charge in [0.15, 0.2) is 5.82 Å². The Morgan fingerprint density at radius 1 is 1.26 bits per heavy atom. The molecule has 0 radical (unpaired) electrons. The number of aromatic hydroxyl groups is 1. The summed E-state index contributed by atoms with van der Waals surface area (Å²) in [4.78, 5) is 20.4. The van der Waals surface area contributed by atoms with Gasteiger partial charge in [-0.2, -0.15) is 4.98 Å². The highest BCUT2D eigenvalue weighted by atomic mass is 16.3. The highest BCUT2D eigenvalue weighted by Gasteiger charge is 2.20. The van der Waals surface area contributed by atoms with Crippen LogP contribution in [0.5, 0.6) is 5.88 Å². The molecule has 2 aromatic heterocycles. The molecule has 0 aliphatic carbocycles. The molecule has 23 heavy (non-hydrogen) atoms. The van der Waals surface area contributed by atoms with Crippen LogP contribution in [0.15, 0.2) is 23.3 Å². The van der Waals surface area contributed by atoms with Gasteiger partial charge in [0.25, 0.3) is 0 Å². The molecule has 2 N–H and O–H groups in total.